The van der Waals surface area contributed by atoms with Crippen LogP contribution in [-0.2, 0) is 6.42 Å². The van der Waals surface area contributed by atoms with Gasteiger partial charge in [0.2, 0.25) is 0 Å². The van der Waals surface area contributed by atoms with Crippen LogP contribution in [0, 0.1) is 6.92 Å². The maximum absolute atomic E-state index is 5.45. The minimum absolute atomic E-state index is 0.799. The van der Waals surface area contributed by atoms with Gasteiger partial charge in [0.25, 0.3) is 0 Å². The van der Waals surface area contributed by atoms with E-state index in [0.29, 0.717) is 0 Å². The molecular weight excluding hydrogens is 226 g/mol. The van der Waals surface area contributed by atoms with Crippen LogP contribution in [0.1, 0.15) is 24.0 Å². The number of rotatable bonds is 4. The minimum Gasteiger partial charge on any atom is -0.330 e. The van der Waals surface area contributed by atoms with E-state index in [0.717, 1.165) is 19.4 Å². The van der Waals surface area contributed by atoms with Crippen molar-refractivity contribution in [2.24, 2.45) is 5.73 Å². The molecule has 0 spiro atoms. The largest absolute Gasteiger partial charge is 0.330 e. The zero-order valence-electron chi connectivity index (χ0n) is 8.02. The lowest BCUT2D eigenvalue weighted by molar-refractivity contribution is 0.742. The number of aryl methyl sites for hydroxylation is 1. The molecule has 0 saturated heterocycles. The predicted octanol–water partition coefficient (Wildman–Crippen LogP) is 3.04. The Labute approximate surface area is 88.5 Å². The maximum atomic E-state index is 5.45. The molecular formula is C11H16BrN. The van der Waals surface area contributed by atoms with Crippen molar-refractivity contribution >= 4 is 15.9 Å². The van der Waals surface area contributed by atoms with Gasteiger partial charge in [-0.05, 0) is 49.9 Å². The Hall–Kier alpha value is -0.340. The summed E-state index contributed by atoms with van der Waals surface area (Å²) in [6, 6.07) is 6.37. The Balaban J connectivity index is 2.61. The second-order valence-corrected chi connectivity index (χ2v) is 4.12. The summed E-state index contributed by atoms with van der Waals surface area (Å²) in [4.78, 5) is 0. The van der Waals surface area contributed by atoms with Gasteiger partial charge in [0.15, 0.2) is 0 Å². The van der Waals surface area contributed by atoms with Crippen LogP contribution in [0.3, 0.4) is 0 Å². The monoisotopic (exact) mass is 241 g/mol. The van der Waals surface area contributed by atoms with E-state index in [2.05, 4.69) is 41.1 Å². The molecule has 0 aromatic heterocycles. The molecule has 0 unspecified atom stereocenters. The van der Waals surface area contributed by atoms with Crippen molar-refractivity contribution in [1.82, 2.24) is 0 Å². The molecule has 0 fully saturated rings. The molecule has 2 N–H and O–H groups in total. The van der Waals surface area contributed by atoms with Gasteiger partial charge in [-0.25, -0.2) is 0 Å². The van der Waals surface area contributed by atoms with Crippen LogP contribution in [0.25, 0.3) is 0 Å². The Morgan fingerprint density at radius 2 is 2.08 bits per heavy atom. The highest BCUT2D eigenvalue weighted by molar-refractivity contribution is 9.10. The summed E-state index contributed by atoms with van der Waals surface area (Å²) >= 11 is 3.53. The van der Waals surface area contributed by atoms with Crippen LogP contribution in [0.15, 0.2) is 22.7 Å². The molecule has 0 aliphatic rings. The number of hydrogen-bond donors (Lipinski definition) is 1. The van der Waals surface area contributed by atoms with Crippen molar-refractivity contribution in [2.45, 2.75) is 26.2 Å². The Morgan fingerprint density at radius 3 is 2.77 bits per heavy atom. The third kappa shape index (κ3) is 3.12. The first-order chi connectivity index (χ1) is 6.25. The molecule has 0 aliphatic carbocycles. The van der Waals surface area contributed by atoms with Crippen LogP contribution >= 0.6 is 15.9 Å². The third-order valence-corrected chi connectivity index (χ3v) is 3.14. The summed E-state index contributed by atoms with van der Waals surface area (Å²) in [7, 11) is 0. The summed E-state index contributed by atoms with van der Waals surface area (Å²) in [5, 5.41) is 0. The SMILES string of the molecule is Cc1c(Br)cccc1CCCCN. The molecule has 1 aromatic rings. The molecule has 1 rings (SSSR count). The summed E-state index contributed by atoms with van der Waals surface area (Å²) in [6.07, 6.45) is 3.45. The van der Waals surface area contributed by atoms with Gasteiger partial charge in [-0.2, -0.15) is 0 Å². The zero-order chi connectivity index (χ0) is 9.68. The lowest BCUT2D eigenvalue weighted by atomic mass is 10.0. The zero-order valence-corrected chi connectivity index (χ0v) is 9.60. The molecule has 0 radical (unpaired) electrons. The Kier molecular flexibility index (Phi) is 4.46. The molecule has 0 atom stereocenters. The number of hydrogen-bond acceptors (Lipinski definition) is 1. The fraction of sp³-hybridized carbons (Fsp3) is 0.455. The lowest BCUT2D eigenvalue weighted by Crippen LogP contribution is -1.99. The van der Waals surface area contributed by atoms with Crippen molar-refractivity contribution in [2.75, 3.05) is 6.54 Å². The van der Waals surface area contributed by atoms with Crippen molar-refractivity contribution in [3.63, 3.8) is 0 Å². The molecule has 1 nitrogen and oxygen atoms in total. The number of benzene rings is 1. The van der Waals surface area contributed by atoms with E-state index < -0.39 is 0 Å². The smallest absolute Gasteiger partial charge is 0.0207 e. The molecule has 0 aliphatic heterocycles. The second kappa shape index (κ2) is 5.40. The van der Waals surface area contributed by atoms with E-state index in [1.54, 1.807) is 0 Å². The van der Waals surface area contributed by atoms with E-state index in [1.807, 2.05) is 0 Å². The fourth-order valence-corrected chi connectivity index (χ4v) is 1.79. The standard InChI is InChI=1S/C11H16BrN/c1-9-10(5-2-3-8-13)6-4-7-11(9)12/h4,6-7H,2-3,5,8,13H2,1H3. The van der Waals surface area contributed by atoms with Crippen molar-refractivity contribution in [1.29, 1.82) is 0 Å². The number of nitrogens with two attached hydrogens (primary N) is 1. The highest BCUT2D eigenvalue weighted by atomic mass is 79.9. The van der Waals surface area contributed by atoms with E-state index in [1.165, 1.54) is 22.0 Å². The number of unbranched alkanes of at least 4 members (excludes halogenated alkanes) is 1. The molecule has 13 heavy (non-hydrogen) atoms. The average Bonchev–Trinajstić information content (AvgIpc) is 2.13. The van der Waals surface area contributed by atoms with Gasteiger partial charge >= 0.3 is 0 Å². The fourth-order valence-electron chi connectivity index (χ4n) is 1.38. The van der Waals surface area contributed by atoms with E-state index in [4.69, 9.17) is 5.73 Å². The van der Waals surface area contributed by atoms with Gasteiger partial charge < -0.3 is 5.73 Å². The van der Waals surface area contributed by atoms with E-state index in [-0.39, 0.29) is 0 Å². The highest BCUT2D eigenvalue weighted by Crippen LogP contribution is 2.20. The topological polar surface area (TPSA) is 26.0 Å². The first-order valence-corrected chi connectivity index (χ1v) is 5.49. The highest BCUT2D eigenvalue weighted by Gasteiger charge is 2.00. The predicted molar refractivity (Wildman–Crippen MR) is 60.9 cm³/mol. The summed E-state index contributed by atoms with van der Waals surface area (Å²) in [5.41, 5.74) is 8.25. The van der Waals surface area contributed by atoms with Gasteiger partial charge in [-0.3, -0.25) is 0 Å². The number of halogens is 1. The first-order valence-electron chi connectivity index (χ1n) is 4.69. The van der Waals surface area contributed by atoms with Crippen molar-refractivity contribution < 1.29 is 0 Å². The quantitative estimate of drug-likeness (QED) is 0.807. The van der Waals surface area contributed by atoms with Gasteiger partial charge in [-0.15, -0.1) is 0 Å². The summed E-state index contributed by atoms with van der Waals surface area (Å²) < 4.78 is 1.21. The van der Waals surface area contributed by atoms with Gasteiger partial charge in [-0.1, -0.05) is 28.1 Å². The van der Waals surface area contributed by atoms with Crippen molar-refractivity contribution in [3.05, 3.63) is 33.8 Å². The summed E-state index contributed by atoms with van der Waals surface area (Å²) in [5.74, 6) is 0. The van der Waals surface area contributed by atoms with E-state index >= 15 is 0 Å². The molecule has 72 valence electrons. The van der Waals surface area contributed by atoms with Crippen LogP contribution in [0.5, 0.6) is 0 Å². The summed E-state index contributed by atoms with van der Waals surface area (Å²) in [6.45, 7) is 2.95. The Bertz CT molecular complexity index is 271. The second-order valence-electron chi connectivity index (χ2n) is 3.27. The first kappa shape index (κ1) is 10.7. The molecule has 0 heterocycles. The average molecular weight is 242 g/mol. The third-order valence-electron chi connectivity index (χ3n) is 2.28. The minimum atomic E-state index is 0.799. The van der Waals surface area contributed by atoms with Crippen molar-refractivity contribution in [3.8, 4) is 0 Å². The normalized spacial score (nSPS) is 10.4. The lowest BCUT2D eigenvalue weighted by Gasteiger charge is -2.06. The Morgan fingerprint density at radius 1 is 1.31 bits per heavy atom. The molecule has 2 heteroatoms. The van der Waals surface area contributed by atoms with Crippen LogP contribution in [0.4, 0.5) is 0 Å². The van der Waals surface area contributed by atoms with Crippen LogP contribution in [-0.4, -0.2) is 6.54 Å². The van der Waals surface area contributed by atoms with Gasteiger partial charge in [0.05, 0.1) is 0 Å². The molecule has 1 aromatic carbocycles. The van der Waals surface area contributed by atoms with Crippen LogP contribution in [0.2, 0.25) is 0 Å². The van der Waals surface area contributed by atoms with Gasteiger partial charge in [0, 0.05) is 4.47 Å². The molecule has 0 saturated carbocycles. The maximum Gasteiger partial charge on any atom is 0.0207 e. The molecule has 0 bridgehead atoms. The van der Waals surface area contributed by atoms with Gasteiger partial charge in [0.1, 0.15) is 0 Å². The molecule has 0 amide bonds. The van der Waals surface area contributed by atoms with Crippen LogP contribution < -0.4 is 5.73 Å². The van der Waals surface area contributed by atoms with E-state index in [9.17, 15) is 0 Å².